The third-order valence-electron chi connectivity index (χ3n) is 4.12. The summed E-state index contributed by atoms with van der Waals surface area (Å²) < 4.78 is 55.9. The van der Waals surface area contributed by atoms with Crippen LogP contribution >= 0.6 is 0 Å². The number of ether oxygens (including phenoxy) is 1. The van der Waals surface area contributed by atoms with Gasteiger partial charge in [0.1, 0.15) is 5.82 Å². The van der Waals surface area contributed by atoms with Crippen LogP contribution in [0.1, 0.15) is 11.1 Å². The predicted molar refractivity (Wildman–Crippen MR) is 93.6 cm³/mol. The second kappa shape index (κ2) is 8.49. The van der Waals surface area contributed by atoms with Gasteiger partial charge in [0.15, 0.2) is 0 Å². The molecule has 1 saturated heterocycles. The van der Waals surface area contributed by atoms with Gasteiger partial charge in [0, 0.05) is 19.6 Å². The average Bonchev–Trinajstić information content (AvgIpc) is 3.11. The van der Waals surface area contributed by atoms with Gasteiger partial charge in [0.2, 0.25) is 0 Å². The maximum atomic E-state index is 13.2. The Labute approximate surface area is 153 Å². The zero-order chi connectivity index (χ0) is 19.3. The SMILES string of the molecule is Fc1cc(CN2CCOCC2)cc(C(F)(F)F)c1.c1ccc2[nH]cnc2c1. The number of aromatic amines is 1. The van der Waals surface area contributed by atoms with E-state index in [9.17, 15) is 17.6 Å². The van der Waals surface area contributed by atoms with Gasteiger partial charge in [-0.1, -0.05) is 12.1 Å². The van der Waals surface area contributed by atoms with Crippen molar-refractivity contribution >= 4 is 11.0 Å². The first-order valence-electron chi connectivity index (χ1n) is 8.47. The Morgan fingerprint density at radius 1 is 1.07 bits per heavy atom. The summed E-state index contributed by atoms with van der Waals surface area (Å²) in [6, 6.07) is 10.6. The first-order chi connectivity index (χ1) is 12.9. The average molecular weight is 381 g/mol. The summed E-state index contributed by atoms with van der Waals surface area (Å²) in [5, 5.41) is 0. The highest BCUT2D eigenvalue weighted by Crippen LogP contribution is 2.30. The molecule has 1 aromatic heterocycles. The van der Waals surface area contributed by atoms with Gasteiger partial charge in [-0.2, -0.15) is 13.2 Å². The Morgan fingerprint density at radius 3 is 2.52 bits per heavy atom. The molecule has 0 amide bonds. The van der Waals surface area contributed by atoms with Crippen molar-refractivity contribution in [2.45, 2.75) is 12.7 Å². The van der Waals surface area contributed by atoms with E-state index in [2.05, 4.69) is 9.97 Å². The summed E-state index contributed by atoms with van der Waals surface area (Å²) in [5.41, 5.74) is 1.52. The quantitative estimate of drug-likeness (QED) is 0.675. The number of hydrogen-bond acceptors (Lipinski definition) is 3. The van der Waals surface area contributed by atoms with Crippen LogP contribution in [0.2, 0.25) is 0 Å². The van der Waals surface area contributed by atoms with Crippen LogP contribution in [-0.2, 0) is 17.5 Å². The molecule has 0 bridgehead atoms. The summed E-state index contributed by atoms with van der Waals surface area (Å²) in [5.74, 6) is -0.854. The van der Waals surface area contributed by atoms with Crippen molar-refractivity contribution in [3.8, 4) is 0 Å². The van der Waals surface area contributed by atoms with Crippen LogP contribution in [-0.4, -0.2) is 41.2 Å². The van der Waals surface area contributed by atoms with E-state index in [1.807, 2.05) is 29.2 Å². The van der Waals surface area contributed by atoms with Crippen LogP contribution in [0.3, 0.4) is 0 Å². The number of rotatable bonds is 2. The number of aromatic nitrogens is 2. The molecule has 2 aromatic carbocycles. The Balaban J connectivity index is 0.000000193. The Kier molecular flexibility index (Phi) is 6.08. The lowest BCUT2D eigenvalue weighted by molar-refractivity contribution is -0.137. The highest BCUT2D eigenvalue weighted by atomic mass is 19.4. The number of morpholine rings is 1. The Morgan fingerprint density at radius 2 is 1.81 bits per heavy atom. The number of hydrogen-bond donors (Lipinski definition) is 1. The maximum absolute atomic E-state index is 13.2. The monoisotopic (exact) mass is 381 g/mol. The van der Waals surface area contributed by atoms with E-state index >= 15 is 0 Å². The second-order valence-electron chi connectivity index (χ2n) is 6.15. The van der Waals surface area contributed by atoms with Crippen molar-refractivity contribution in [2.75, 3.05) is 26.3 Å². The molecule has 3 aromatic rings. The summed E-state index contributed by atoms with van der Waals surface area (Å²) in [6.45, 7) is 2.73. The predicted octanol–water partition coefficient (Wildman–Crippen LogP) is 4.24. The molecule has 1 N–H and O–H groups in total. The largest absolute Gasteiger partial charge is 0.416 e. The number of alkyl halides is 3. The van der Waals surface area contributed by atoms with Crippen molar-refractivity contribution in [3.05, 3.63) is 65.7 Å². The molecule has 27 heavy (non-hydrogen) atoms. The van der Waals surface area contributed by atoms with E-state index in [1.54, 1.807) is 6.33 Å². The van der Waals surface area contributed by atoms with Crippen molar-refractivity contribution in [3.63, 3.8) is 0 Å². The molecular formula is C19H19F4N3O. The first kappa shape index (κ1) is 19.3. The third-order valence-corrected chi connectivity index (χ3v) is 4.12. The molecule has 0 atom stereocenters. The smallest absolute Gasteiger partial charge is 0.379 e. The molecule has 1 aliphatic heterocycles. The van der Waals surface area contributed by atoms with Crippen LogP contribution in [0.5, 0.6) is 0 Å². The molecule has 0 radical (unpaired) electrons. The number of fused-ring (bicyclic) bond motifs is 1. The van der Waals surface area contributed by atoms with Gasteiger partial charge in [0.25, 0.3) is 0 Å². The highest BCUT2D eigenvalue weighted by molar-refractivity contribution is 5.73. The fourth-order valence-corrected chi connectivity index (χ4v) is 2.80. The minimum atomic E-state index is -4.51. The van der Waals surface area contributed by atoms with Gasteiger partial charge >= 0.3 is 6.18 Å². The summed E-state index contributed by atoms with van der Waals surface area (Å²) in [4.78, 5) is 9.01. The number of imidazole rings is 1. The van der Waals surface area contributed by atoms with Crippen LogP contribution in [0, 0.1) is 5.82 Å². The van der Waals surface area contributed by atoms with E-state index in [0.29, 0.717) is 44.5 Å². The number of nitrogens with one attached hydrogen (secondary N) is 1. The van der Waals surface area contributed by atoms with Gasteiger partial charge < -0.3 is 9.72 Å². The molecule has 1 fully saturated rings. The fraction of sp³-hybridized carbons (Fsp3) is 0.316. The number of para-hydroxylation sites is 2. The standard InChI is InChI=1S/C12H13F4NO.C7H6N2/c13-11-6-9(5-10(7-11)12(14,15)16)8-17-1-3-18-4-2-17;1-2-4-7-6(3-1)8-5-9-7/h5-7H,1-4,8H2;1-5H,(H,8,9). The van der Waals surface area contributed by atoms with E-state index in [1.165, 1.54) is 0 Å². The molecule has 0 unspecified atom stereocenters. The lowest BCUT2D eigenvalue weighted by Crippen LogP contribution is -2.35. The molecule has 144 valence electrons. The topological polar surface area (TPSA) is 41.1 Å². The molecule has 0 saturated carbocycles. The summed E-state index contributed by atoms with van der Waals surface area (Å²) in [6.07, 6.45) is -2.81. The molecule has 8 heteroatoms. The third kappa shape index (κ3) is 5.51. The molecule has 2 heterocycles. The lowest BCUT2D eigenvalue weighted by atomic mass is 10.1. The molecule has 1 aliphatic rings. The molecule has 0 spiro atoms. The van der Waals surface area contributed by atoms with Crippen molar-refractivity contribution < 1.29 is 22.3 Å². The van der Waals surface area contributed by atoms with Crippen LogP contribution in [0.4, 0.5) is 17.6 Å². The summed E-state index contributed by atoms with van der Waals surface area (Å²) in [7, 11) is 0. The van der Waals surface area contributed by atoms with E-state index in [4.69, 9.17) is 4.74 Å². The van der Waals surface area contributed by atoms with Crippen LogP contribution in [0.15, 0.2) is 48.8 Å². The van der Waals surface area contributed by atoms with Gasteiger partial charge in [-0.3, -0.25) is 4.90 Å². The summed E-state index contributed by atoms with van der Waals surface area (Å²) >= 11 is 0. The van der Waals surface area contributed by atoms with Crippen LogP contribution < -0.4 is 0 Å². The molecule has 0 aliphatic carbocycles. The Hall–Kier alpha value is -2.45. The Bertz CT molecular complexity index is 843. The van der Waals surface area contributed by atoms with E-state index in [0.717, 1.165) is 23.2 Å². The van der Waals surface area contributed by atoms with E-state index < -0.39 is 17.6 Å². The van der Waals surface area contributed by atoms with Crippen molar-refractivity contribution in [1.29, 1.82) is 0 Å². The van der Waals surface area contributed by atoms with Gasteiger partial charge in [-0.25, -0.2) is 9.37 Å². The molecule has 4 rings (SSSR count). The highest BCUT2D eigenvalue weighted by Gasteiger charge is 2.31. The van der Waals surface area contributed by atoms with E-state index in [-0.39, 0.29) is 0 Å². The lowest BCUT2D eigenvalue weighted by Gasteiger charge is -2.26. The minimum Gasteiger partial charge on any atom is -0.379 e. The van der Waals surface area contributed by atoms with Crippen molar-refractivity contribution in [1.82, 2.24) is 14.9 Å². The molecule has 4 nitrogen and oxygen atoms in total. The minimum absolute atomic E-state index is 0.310. The van der Waals surface area contributed by atoms with Crippen LogP contribution in [0.25, 0.3) is 11.0 Å². The molecular weight excluding hydrogens is 362 g/mol. The zero-order valence-electron chi connectivity index (χ0n) is 14.5. The first-order valence-corrected chi connectivity index (χ1v) is 8.47. The van der Waals surface area contributed by atoms with Gasteiger partial charge in [0.05, 0.1) is 36.1 Å². The normalized spacial score (nSPS) is 15.4. The number of nitrogens with zero attached hydrogens (tertiary/aromatic N) is 2. The zero-order valence-corrected chi connectivity index (χ0v) is 14.5. The number of benzene rings is 2. The second-order valence-corrected chi connectivity index (χ2v) is 6.15. The van der Waals surface area contributed by atoms with Gasteiger partial charge in [-0.05, 0) is 35.9 Å². The van der Waals surface area contributed by atoms with Crippen molar-refractivity contribution in [2.24, 2.45) is 0 Å². The maximum Gasteiger partial charge on any atom is 0.416 e. The van der Waals surface area contributed by atoms with Gasteiger partial charge in [-0.15, -0.1) is 0 Å². The number of halogens is 4. The number of H-pyrrole nitrogens is 1. The fourth-order valence-electron chi connectivity index (χ4n) is 2.80.